The van der Waals surface area contributed by atoms with Gasteiger partial charge >= 0.3 is 0 Å². The number of nitrogens with zero attached hydrogens (tertiary/aromatic N) is 3. The van der Waals surface area contributed by atoms with Gasteiger partial charge < -0.3 is 14.4 Å². The van der Waals surface area contributed by atoms with Gasteiger partial charge in [0.15, 0.2) is 0 Å². The van der Waals surface area contributed by atoms with Crippen molar-refractivity contribution in [1.29, 1.82) is 0 Å². The van der Waals surface area contributed by atoms with Gasteiger partial charge in [0.05, 0.1) is 16.7 Å². The predicted octanol–water partition coefficient (Wildman–Crippen LogP) is 27.1. The highest BCUT2D eigenvalue weighted by Gasteiger charge is 2.46. The summed E-state index contributed by atoms with van der Waals surface area (Å²) in [5, 5.41) is 2.45. The number of fused-ring (bicyclic) bond motifs is 9. The summed E-state index contributed by atoms with van der Waals surface area (Å²) in [7, 11) is 0. The quantitative estimate of drug-likeness (QED) is 0.141. The van der Waals surface area contributed by atoms with Crippen molar-refractivity contribution >= 4 is 79.0 Å². The fourth-order valence-corrected chi connectivity index (χ4v) is 18.5. The zero-order valence-corrected chi connectivity index (χ0v) is 67.8. The van der Waals surface area contributed by atoms with Gasteiger partial charge in [-0.15, -0.1) is 0 Å². The Morgan fingerprint density at radius 1 is 0.259 bits per heavy atom. The maximum atomic E-state index is 2.66. The van der Waals surface area contributed by atoms with E-state index in [-0.39, 0.29) is 50.0 Å². The lowest BCUT2D eigenvalue weighted by Gasteiger charge is -2.45. The second kappa shape index (κ2) is 24.8. The van der Waals surface area contributed by atoms with E-state index in [0.29, 0.717) is 0 Å². The molecule has 0 spiro atoms. The van der Waals surface area contributed by atoms with Crippen molar-refractivity contribution in [3.8, 4) is 61.3 Å². The first-order valence-corrected chi connectivity index (χ1v) is 40.0. The van der Waals surface area contributed by atoms with E-state index < -0.39 is 0 Å². The molecule has 13 aromatic rings. The maximum Gasteiger partial charge on any atom is 0.252 e. The molecule has 0 N–H and O–H groups in total. The summed E-state index contributed by atoms with van der Waals surface area (Å²) < 4.78 is 2.57. The Balaban J connectivity index is 0.963. The molecule has 0 unspecified atom stereocenters. The second-order valence-electron chi connectivity index (χ2n) is 39.2. The van der Waals surface area contributed by atoms with Crippen molar-refractivity contribution in [3.63, 3.8) is 0 Å². The minimum atomic E-state index is -0.155. The number of benzene rings is 12. The van der Waals surface area contributed by atoms with Crippen molar-refractivity contribution in [2.24, 2.45) is 0 Å². The van der Waals surface area contributed by atoms with E-state index in [9.17, 15) is 0 Å². The molecular formula is C104H108BN3. The molecule has 1 aromatic heterocycles. The van der Waals surface area contributed by atoms with Crippen molar-refractivity contribution in [2.45, 2.75) is 207 Å². The van der Waals surface area contributed by atoms with Crippen molar-refractivity contribution < 1.29 is 0 Å². The molecule has 0 bridgehead atoms. The van der Waals surface area contributed by atoms with Crippen LogP contribution in [0.4, 0.5) is 34.1 Å². The molecule has 0 fully saturated rings. The van der Waals surface area contributed by atoms with Gasteiger partial charge in [-0.3, -0.25) is 0 Å². The van der Waals surface area contributed by atoms with Crippen LogP contribution in [0.25, 0.3) is 83.1 Å². The van der Waals surface area contributed by atoms with Gasteiger partial charge in [0, 0.05) is 44.9 Å². The number of anilines is 6. The molecule has 3 nitrogen and oxygen atoms in total. The maximum absolute atomic E-state index is 2.66. The predicted molar refractivity (Wildman–Crippen MR) is 467 cm³/mol. The molecule has 3 heterocycles. The first-order chi connectivity index (χ1) is 51.0. The summed E-state index contributed by atoms with van der Waals surface area (Å²) in [6, 6.07) is 96.1. The Hall–Kier alpha value is -9.90. The summed E-state index contributed by atoms with van der Waals surface area (Å²) in [6.45, 7) is 47.7. The highest BCUT2D eigenvalue weighted by atomic mass is 15.2. The highest BCUT2D eigenvalue weighted by Crippen LogP contribution is 2.53. The zero-order chi connectivity index (χ0) is 75.9. The van der Waals surface area contributed by atoms with Crippen LogP contribution in [-0.2, 0) is 43.3 Å². The number of para-hydroxylation sites is 1. The van der Waals surface area contributed by atoms with Gasteiger partial charge in [-0.25, -0.2) is 0 Å². The average molecular weight is 1410 g/mol. The minimum Gasteiger partial charge on any atom is -0.311 e. The molecule has 0 saturated heterocycles. The van der Waals surface area contributed by atoms with E-state index in [0.717, 1.165) is 28.4 Å². The Labute approximate surface area is 645 Å². The molecule has 4 heteroatoms. The molecule has 12 aromatic carbocycles. The van der Waals surface area contributed by atoms with Gasteiger partial charge in [0.1, 0.15) is 0 Å². The van der Waals surface area contributed by atoms with Crippen molar-refractivity contribution in [1.82, 2.24) is 4.57 Å². The molecule has 0 radical (unpaired) electrons. The van der Waals surface area contributed by atoms with Crippen LogP contribution in [0.1, 0.15) is 209 Å². The second-order valence-corrected chi connectivity index (χ2v) is 39.2. The standard InChI is InChI=1S/C104H108BN3/c1-97(2,3)75-52-73(53-76(61-75)98(4,5)6)71-36-45-88-92(59-71)106(79-39-30-66(31-40-79)69-34-43-84-86(57-69)103(17,18)50-48-101(84,13)14)94-63-81(108-90-29-25-24-28-82(90)83-56-68(38-47-91(83)108)65-26-22-21-23-27-65)64-95-96(94)105(88)89-46-37-72(74-54-77(99(7,8)9)62-78(55-74)100(10,11)12)60-93(89)107(95)80-41-32-67(33-42-80)70-35-44-85-87(58-70)104(19,20)51-49-102(85,15)16/h21-47,52-64H,48-51H2,1-20H3. The van der Waals surface area contributed by atoms with Gasteiger partial charge in [0.25, 0.3) is 6.71 Å². The van der Waals surface area contributed by atoms with Crippen LogP contribution < -0.4 is 26.2 Å². The summed E-state index contributed by atoms with van der Waals surface area (Å²) in [5.41, 5.74) is 37.9. The molecule has 0 amide bonds. The third-order valence-corrected chi connectivity index (χ3v) is 25.7. The zero-order valence-electron chi connectivity index (χ0n) is 67.8. The fraction of sp³-hybridized carbons (Fsp3) is 0.308. The molecule has 0 atom stereocenters. The van der Waals surface area contributed by atoms with Crippen LogP contribution in [0.3, 0.4) is 0 Å². The van der Waals surface area contributed by atoms with Crippen molar-refractivity contribution in [2.75, 3.05) is 9.80 Å². The summed E-state index contributed by atoms with van der Waals surface area (Å²) in [4.78, 5) is 5.32. The van der Waals surface area contributed by atoms with E-state index in [4.69, 9.17) is 0 Å². The topological polar surface area (TPSA) is 11.4 Å². The molecule has 2 aliphatic heterocycles. The normalized spacial score (nSPS) is 16.2. The van der Waals surface area contributed by atoms with Crippen LogP contribution in [0.2, 0.25) is 0 Å². The molecular weight excluding hydrogens is 1300 g/mol. The third kappa shape index (κ3) is 12.1. The molecule has 2 aliphatic carbocycles. The third-order valence-electron chi connectivity index (χ3n) is 25.7. The van der Waals surface area contributed by atoms with Crippen LogP contribution in [0.15, 0.2) is 243 Å². The lowest BCUT2D eigenvalue weighted by molar-refractivity contribution is 0.332. The largest absolute Gasteiger partial charge is 0.311 e. The Morgan fingerprint density at radius 3 is 1.03 bits per heavy atom. The lowest BCUT2D eigenvalue weighted by Crippen LogP contribution is -2.61. The van der Waals surface area contributed by atoms with E-state index in [1.54, 1.807) is 0 Å². The Bertz CT molecular complexity index is 5440. The van der Waals surface area contributed by atoms with Crippen LogP contribution in [0.5, 0.6) is 0 Å². The summed E-state index contributed by atoms with van der Waals surface area (Å²) >= 11 is 0. The minimum absolute atomic E-state index is 0.0709. The first kappa shape index (κ1) is 71.1. The molecule has 108 heavy (non-hydrogen) atoms. The molecule has 0 saturated carbocycles. The van der Waals surface area contributed by atoms with E-state index in [1.165, 1.54) is 175 Å². The van der Waals surface area contributed by atoms with Crippen LogP contribution in [-0.4, -0.2) is 11.3 Å². The van der Waals surface area contributed by atoms with E-state index >= 15 is 0 Å². The highest BCUT2D eigenvalue weighted by molar-refractivity contribution is 7.00. The van der Waals surface area contributed by atoms with E-state index in [2.05, 4.69) is 395 Å². The molecule has 17 rings (SSSR count). The Kier molecular flexibility index (Phi) is 16.3. The smallest absolute Gasteiger partial charge is 0.252 e. The lowest BCUT2D eigenvalue weighted by atomic mass is 9.33. The van der Waals surface area contributed by atoms with Crippen LogP contribution >= 0.6 is 0 Å². The van der Waals surface area contributed by atoms with E-state index in [1.807, 2.05) is 0 Å². The number of hydrogen-bond donors (Lipinski definition) is 0. The number of rotatable bonds is 8. The van der Waals surface area contributed by atoms with Gasteiger partial charge in [0.2, 0.25) is 0 Å². The van der Waals surface area contributed by atoms with Crippen molar-refractivity contribution in [3.05, 3.63) is 287 Å². The number of hydrogen-bond acceptors (Lipinski definition) is 2. The summed E-state index contributed by atoms with van der Waals surface area (Å²) in [5.74, 6) is 0. The fourth-order valence-electron chi connectivity index (χ4n) is 18.5. The SMILES string of the molecule is CC(C)(C)c1cc(-c2ccc3c(c2)N(c2ccc(-c4ccc5c(c4)C(C)(C)CCC5(C)C)cc2)c2cc(-n4c5ccccc5c5cc(-c6ccccc6)ccc54)cc4c2B3c2ccc(-c3cc(C(C)(C)C)cc(C(C)(C)C)c3)cc2N4c2ccc(-c3ccc4c(c3)C(C)(C)CCC4(C)C)cc2)cc(C(C)(C)C)c1. The molecule has 4 aliphatic rings. The monoisotopic (exact) mass is 1410 g/mol. The average Bonchev–Trinajstić information content (AvgIpc) is 0.914. The number of aromatic nitrogens is 1. The first-order valence-electron chi connectivity index (χ1n) is 40.0. The van der Waals surface area contributed by atoms with Gasteiger partial charge in [-0.1, -0.05) is 314 Å². The van der Waals surface area contributed by atoms with Gasteiger partial charge in [-0.2, -0.15) is 0 Å². The van der Waals surface area contributed by atoms with Crippen LogP contribution in [0, 0.1) is 0 Å². The van der Waals surface area contributed by atoms with Gasteiger partial charge in [-0.05, 0) is 252 Å². The molecule has 542 valence electrons. The Morgan fingerprint density at radius 2 is 0.602 bits per heavy atom. The summed E-state index contributed by atoms with van der Waals surface area (Å²) in [6.07, 6.45) is 4.71.